The summed E-state index contributed by atoms with van der Waals surface area (Å²) in [5.74, 6) is 1.70. The molecular weight excluding hydrogens is 238 g/mol. The van der Waals surface area contributed by atoms with Crippen LogP contribution in [-0.2, 0) is 6.42 Å². The highest BCUT2D eigenvalue weighted by Crippen LogP contribution is 2.22. The molecule has 2 N–H and O–H groups in total. The summed E-state index contributed by atoms with van der Waals surface area (Å²) in [4.78, 5) is 2.53. The number of likely N-dealkylation sites (tertiary alicyclic amines) is 1. The van der Waals surface area contributed by atoms with Crippen LogP contribution in [0.4, 0.5) is 5.69 Å². The molecule has 1 unspecified atom stereocenters. The van der Waals surface area contributed by atoms with Gasteiger partial charge >= 0.3 is 0 Å². The molecule has 1 saturated heterocycles. The Labute approximate surface area is 113 Å². The maximum absolute atomic E-state index is 5.91. The van der Waals surface area contributed by atoms with E-state index in [1.54, 1.807) is 0 Å². The van der Waals surface area contributed by atoms with Gasteiger partial charge in [0.15, 0.2) is 5.65 Å². The van der Waals surface area contributed by atoms with Crippen LogP contribution in [-0.4, -0.2) is 38.6 Å². The van der Waals surface area contributed by atoms with E-state index in [1.165, 1.54) is 13.0 Å². The molecule has 2 aromatic heterocycles. The Hall–Kier alpha value is -1.62. The van der Waals surface area contributed by atoms with Crippen LogP contribution in [0.2, 0.25) is 0 Å². The Bertz CT molecular complexity index is 574. The predicted molar refractivity (Wildman–Crippen MR) is 75.9 cm³/mol. The third kappa shape index (κ3) is 2.30. The van der Waals surface area contributed by atoms with Crippen LogP contribution < -0.4 is 5.73 Å². The van der Waals surface area contributed by atoms with Crippen LogP contribution >= 0.6 is 0 Å². The Morgan fingerprint density at radius 1 is 1.42 bits per heavy atom. The van der Waals surface area contributed by atoms with Crippen molar-refractivity contribution in [2.24, 2.45) is 5.92 Å². The molecule has 3 rings (SSSR count). The van der Waals surface area contributed by atoms with E-state index in [2.05, 4.69) is 28.9 Å². The Morgan fingerprint density at radius 2 is 2.26 bits per heavy atom. The molecular formula is C14H21N5. The van der Waals surface area contributed by atoms with Gasteiger partial charge in [0.25, 0.3) is 0 Å². The monoisotopic (exact) mass is 259 g/mol. The van der Waals surface area contributed by atoms with Crippen LogP contribution in [0, 0.1) is 5.92 Å². The van der Waals surface area contributed by atoms with E-state index in [1.807, 2.05) is 22.7 Å². The second kappa shape index (κ2) is 4.81. The lowest BCUT2D eigenvalue weighted by molar-refractivity contribution is 0.264. The van der Waals surface area contributed by atoms with Gasteiger partial charge in [-0.1, -0.05) is 0 Å². The molecule has 1 aliphatic rings. The number of aromatic nitrogens is 3. The topological polar surface area (TPSA) is 59.5 Å². The molecule has 102 valence electrons. The first kappa shape index (κ1) is 12.4. The van der Waals surface area contributed by atoms with E-state index in [9.17, 15) is 0 Å². The second-order valence-electron chi connectivity index (χ2n) is 5.72. The highest BCUT2D eigenvalue weighted by molar-refractivity contribution is 5.63. The number of nitrogens with two attached hydrogens (primary N) is 1. The number of nitrogen functional groups attached to an aromatic ring is 1. The van der Waals surface area contributed by atoms with Gasteiger partial charge in [-0.3, -0.25) is 4.40 Å². The van der Waals surface area contributed by atoms with Gasteiger partial charge in [-0.05, 0) is 44.9 Å². The summed E-state index contributed by atoms with van der Waals surface area (Å²) in [6, 6.07) is 4.45. The number of anilines is 1. The molecule has 1 atom stereocenters. The lowest BCUT2D eigenvalue weighted by Gasteiger charge is -2.20. The molecule has 0 bridgehead atoms. The van der Waals surface area contributed by atoms with Crippen molar-refractivity contribution in [3.63, 3.8) is 0 Å². The molecule has 1 fully saturated rings. The number of hydrogen-bond donors (Lipinski definition) is 1. The minimum absolute atomic E-state index is 0.635. The predicted octanol–water partition coefficient (Wildman–Crippen LogP) is 1.58. The summed E-state index contributed by atoms with van der Waals surface area (Å²) in [5.41, 5.74) is 7.37. The number of nitrogens with zero attached hydrogens (tertiary/aromatic N) is 4. The van der Waals surface area contributed by atoms with E-state index >= 15 is 0 Å². The van der Waals surface area contributed by atoms with Crippen molar-refractivity contribution in [2.45, 2.75) is 32.7 Å². The fraction of sp³-hybridized carbons (Fsp3) is 0.571. The van der Waals surface area contributed by atoms with Crippen molar-refractivity contribution < 1.29 is 0 Å². The summed E-state index contributed by atoms with van der Waals surface area (Å²) in [6.07, 6.45) is 4.22. The molecule has 0 aromatic carbocycles. The standard InChI is InChI=1S/C14H21N5/c1-10(2)18-7-5-11(9-18)8-13-16-17-14-12(15)4-3-6-19(13)14/h3-4,6,10-11H,5,7-9,15H2,1-2H3. The van der Waals surface area contributed by atoms with Gasteiger partial charge < -0.3 is 10.6 Å². The lowest BCUT2D eigenvalue weighted by Crippen LogP contribution is -2.28. The average Bonchev–Trinajstić information content (AvgIpc) is 2.98. The van der Waals surface area contributed by atoms with Gasteiger partial charge in [0.1, 0.15) is 5.82 Å². The van der Waals surface area contributed by atoms with Crippen LogP contribution in [0.3, 0.4) is 0 Å². The summed E-state index contributed by atoms with van der Waals surface area (Å²) in [5, 5.41) is 8.49. The summed E-state index contributed by atoms with van der Waals surface area (Å²) in [7, 11) is 0. The van der Waals surface area contributed by atoms with Gasteiger partial charge in [-0.25, -0.2) is 0 Å². The molecule has 0 saturated carbocycles. The summed E-state index contributed by atoms with van der Waals surface area (Å²) < 4.78 is 2.02. The zero-order valence-electron chi connectivity index (χ0n) is 11.6. The zero-order chi connectivity index (χ0) is 13.4. The fourth-order valence-electron chi connectivity index (χ4n) is 2.88. The molecule has 19 heavy (non-hydrogen) atoms. The normalized spacial score (nSPS) is 20.7. The van der Waals surface area contributed by atoms with Gasteiger partial charge in [0.05, 0.1) is 5.69 Å². The minimum Gasteiger partial charge on any atom is -0.396 e. The average molecular weight is 259 g/mol. The number of fused-ring (bicyclic) bond motifs is 1. The minimum atomic E-state index is 0.635. The Balaban J connectivity index is 1.78. The third-order valence-corrected chi connectivity index (χ3v) is 4.05. The summed E-state index contributed by atoms with van der Waals surface area (Å²) in [6.45, 7) is 6.88. The van der Waals surface area contributed by atoms with Crippen LogP contribution in [0.5, 0.6) is 0 Å². The molecule has 0 amide bonds. The van der Waals surface area contributed by atoms with Crippen LogP contribution in [0.15, 0.2) is 18.3 Å². The maximum atomic E-state index is 5.91. The first-order valence-electron chi connectivity index (χ1n) is 6.97. The molecule has 0 aliphatic carbocycles. The van der Waals surface area contributed by atoms with E-state index in [-0.39, 0.29) is 0 Å². The number of rotatable bonds is 3. The van der Waals surface area contributed by atoms with Crippen LogP contribution in [0.1, 0.15) is 26.1 Å². The van der Waals surface area contributed by atoms with Gasteiger partial charge in [-0.2, -0.15) is 0 Å². The molecule has 1 aliphatic heterocycles. The third-order valence-electron chi connectivity index (χ3n) is 4.05. The van der Waals surface area contributed by atoms with Crippen molar-refractivity contribution in [1.29, 1.82) is 0 Å². The smallest absolute Gasteiger partial charge is 0.183 e. The SMILES string of the molecule is CC(C)N1CCC(Cc2nnc3c(N)cccn23)C1. The van der Waals surface area contributed by atoms with Crippen molar-refractivity contribution in [2.75, 3.05) is 18.8 Å². The van der Waals surface area contributed by atoms with E-state index < -0.39 is 0 Å². The van der Waals surface area contributed by atoms with Gasteiger partial charge in [-0.15, -0.1) is 10.2 Å². The quantitative estimate of drug-likeness (QED) is 0.909. The maximum Gasteiger partial charge on any atom is 0.183 e. The zero-order valence-corrected chi connectivity index (χ0v) is 11.6. The molecule has 3 heterocycles. The van der Waals surface area contributed by atoms with Crippen molar-refractivity contribution >= 4 is 11.3 Å². The number of hydrogen-bond acceptors (Lipinski definition) is 4. The van der Waals surface area contributed by atoms with Gasteiger partial charge in [0, 0.05) is 25.2 Å². The van der Waals surface area contributed by atoms with E-state index in [0.717, 1.165) is 24.4 Å². The summed E-state index contributed by atoms with van der Waals surface area (Å²) >= 11 is 0. The molecule has 2 aromatic rings. The lowest BCUT2D eigenvalue weighted by atomic mass is 10.0. The fourth-order valence-corrected chi connectivity index (χ4v) is 2.88. The molecule has 0 spiro atoms. The second-order valence-corrected chi connectivity index (χ2v) is 5.72. The Kier molecular flexibility index (Phi) is 3.14. The van der Waals surface area contributed by atoms with E-state index in [4.69, 9.17) is 5.73 Å². The van der Waals surface area contributed by atoms with Crippen molar-refractivity contribution in [3.05, 3.63) is 24.2 Å². The molecule has 5 heteroatoms. The Morgan fingerprint density at radius 3 is 3.00 bits per heavy atom. The highest BCUT2D eigenvalue weighted by Gasteiger charge is 2.25. The highest BCUT2D eigenvalue weighted by atomic mass is 15.3. The first-order valence-corrected chi connectivity index (χ1v) is 6.97. The first-order chi connectivity index (χ1) is 9.15. The largest absolute Gasteiger partial charge is 0.396 e. The van der Waals surface area contributed by atoms with Crippen LogP contribution in [0.25, 0.3) is 5.65 Å². The van der Waals surface area contributed by atoms with E-state index in [0.29, 0.717) is 17.6 Å². The van der Waals surface area contributed by atoms with Crippen molar-refractivity contribution in [1.82, 2.24) is 19.5 Å². The molecule has 0 radical (unpaired) electrons. The van der Waals surface area contributed by atoms with Crippen molar-refractivity contribution in [3.8, 4) is 0 Å². The number of pyridine rings is 1. The molecule has 5 nitrogen and oxygen atoms in total. The van der Waals surface area contributed by atoms with Gasteiger partial charge in [0.2, 0.25) is 0 Å².